The molecule has 0 amide bonds. The summed E-state index contributed by atoms with van der Waals surface area (Å²) < 4.78 is 64.6. The van der Waals surface area contributed by atoms with Crippen LogP contribution >= 0.6 is 0 Å². The van der Waals surface area contributed by atoms with Crippen LogP contribution in [-0.4, -0.2) is 9.97 Å². The van der Waals surface area contributed by atoms with Crippen molar-refractivity contribution < 1.29 is 37.1 Å². The van der Waals surface area contributed by atoms with E-state index < -0.39 is 13.7 Å². The van der Waals surface area contributed by atoms with E-state index >= 15 is 0 Å². The average molecular weight is 828 g/mol. The quantitative estimate of drug-likeness (QED) is 0.162. The molecule has 6 heteroatoms. The number of rotatable bonds is 5. The number of hydrogen-bond acceptors (Lipinski definition) is 4. The van der Waals surface area contributed by atoms with Gasteiger partial charge in [0, 0.05) is 57.5 Å². The fourth-order valence-electron chi connectivity index (χ4n) is 5.81. The largest absolute Gasteiger partial charge is 0.500 e. The summed E-state index contributed by atoms with van der Waals surface area (Å²) in [5.74, 6) is 0.333. The number of nitrogens with zero attached hydrogens (tertiary/aromatic N) is 3. The van der Waals surface area contributed by atoms with Crippen molar-refractivity contribution in [2.24, 2.45) is 0 Å². The summed E-state index contributed by atoms with van der Waals surface area (Å²) in [7, 11) is 0. The third kappa shape index (κ3) is 7.25. The van der Waals surface area contributed by atoms with Crippen molar-refractivity contribution in [1.29, 1.82) is 5.26 Å². The minimum Gasteiger partial charge on any atom is -0.500 e. The maximum absolute atomic E-state index is 12.7. The first-order valence-electron chi connectivity index (χ1n) is 18.6. The van der Waals surface area contributed by atoms with Gasteiger partial charge in [-0.3, -0.25) is 4.39 Å². The van der Waals surface area contributed by atoms with E-state index in [2.05, 4.69) is 74.1 Å². The van der Waals surface area contributed by atoms with Crippen LogP contribution in [0.25, 0.3) is 55.6 Å². The minimum absolute atomic E-state index is 0. The fourth-order valence-corrected chi connectivity index (χ4v) is 5.81. The molecule has 0 unspecified atom stereocenters. The first-order chi connectivity index (χ1) is 25.6. The monoisotopic (exact) mass is 828 g/mol. The molecule has 4 nitrogen and oxygen atoms in total. The van der Waals surface area contributed by atoms with E-state index in [1.807, 2.05) is 18.2 Å². The Hall–Kier alpha value is -4.95. The van der Waals surface area contributed by atoms with E-state index in [1.54, 1.807) is 36.5 Å². The van der Waals surface area contributed by atoms with Gasteiger partial charge in [0.1, 0.15) is 5.58 Å². The zero-order valence-corrected chi connectivity index (χ0v) is 29.7. The average Bonchev–Trinajstić information content (AvgIpc) is 3.52. The van der Waals surface area contributed by atoms with Gasteiger partial charge in [-0.15, -0.1) is 48.0 Å². The zero-order chi connectivity index (χ0) is 38.9. The Labute approximate surface area is 309 Å². The molecule has 3 heterocycles. The molecule has 4 aromatic carbocycles. The van der Waals surface area contributed by atoms with Gasteiger partial charge in [0.2, 0.25) is 0 Å². The fraction of sp³-hybridized carbons (Fsp3) is 0.186. The number of halogens is 1. The van der Waals surface area contributed by atoms with Crippen LogP contribution in [0.15, 0.2) is 102 Å². The molecule has 3 aromatic heterocycles. The number of furan rings is 1. The molecule has 0 N–H and O–H groups in total. The summed E-state index contributed by atoms with van der Waals surface area (Å²) in [4.78, 5) is 8.69. The molecule has 247 valence electrons. The number of fused-ring (bicyclic) bond motifs is 3. The van der Waals surface area contributed by atoms with Gasteiger partial charge in [-0.2, -0.15) is 5.26 Å². The van der Waals surface area contributed by atoms with Gasteiger partial charge in [0.15, 0.2) is 0 Å². The number of benzene rings is 4. The Morgan fingerprint density at radius 1 is 0.837 bits per heavy atom. The number of hydrogen-bond donors (Lipinski definition) is 0. The molecule has 1 radical (unpaired) electrons. The molecule has 0 saturated heterocycles. The van der Waals surface area contributed by atoms with Crippen LogP contribution in [-0.2, 0) is 20.1 Å². The molecular weight excluding hydrogens is 786 g/mol. The van der Waals surface area contributed by atoms with E-state index in [1.165, 1.54) is 41.1 Å². The Morgan fingerprint density at radius 2 is 1.61 bits per heavy atom. The van der Waals surface area contributed by atoms with Crippen molar-refractivity contribution in [2.45, 2.75) is 53.2 Å². The first kappa shape index (κ1) is 27.9. The molecule has 49 heavy (non-hydrogen) atoms. The molecule has 0 bridgehead atoms. The van der Waals surface area contributed by atoms with Crippen molar-refractivity contribution in [2.75, 3.05) is 0 Å². The Balaban J connectivity index is 0.000000271. The van der Waals surface area contributed by atoms with E-state index in [0.29, 0.717) is 45.3 Å². The van der Waals surface area contributed by atoms with Gasteiger partial charge >= 0.3 is 0 Å². The van der Waals surface area contributed by atoms with Crippen LogP contribution in [0.5, 0.6) is 0 Å². The third-order valence-electron chi connectivity index (χ3n) is 8.21. The topological polar surface area (TPSA) is 62.7 Å². The first-order valence-corrected chi connectivity index (χ1v) is 15.6. The standard InChI is InChI=1S/C31H27N2O.C12H9FN.Ir/c1-18(2)23-8-6-9-24(19(3)4)29(23)21-14-15-33-28(16-21)27-11-7-10-25-26-13-12-22(17-32)20(5)30(26)34-31(25)27;1-9-2-7-12(14-8-9)10-3-5-11(13)6-4-10;/h6-10,12-16,18-19H,1-5H3;2-3,5-8H,1H3;/q2*-1;/i5D3;1D3;. The van der Waals surface area contributed by atoms with E-state index in [0.717, 1.165) is 10.9 Å². The van der Waals surface area contributed by atoms with Crippen LogP contribution in [0.1, 0.15) is 75.6 Å². The van der Waals surface area contributed by atoms with Crippen molar-refractivity contribution in [1.82, 2.24) is 9.97 Å². The second-order valence-electron chi connectivity index (χ2n) is 12.1. The van der Waals surface area contributed by atoms with Gasteiger partial charge in [0.05, 0.1) is 17.2 Å². The maximum Gasteiger partial charge on any atom is 0.125 e. The van der Waals surface area contributed by atoms with Crippen LogP contribution in [0.2, 0.25) is 0 Å². The normalized spacial score (nSPS) is 13.3. The molecule has 0 atom stereocenters. The Bertz CT molecular complexity index is 2480. The predicted molar refractivity (Wildman–Crippen MR) is 192 cm³/mol. The van der Waals surface area contributed by atoms with Crippen molar-refractivity contribution in [3.05, 3.63) is 143 Å². The Kier molecular flexibility index (Phi) is 8.60. The van der Waals surface area contributed by atoms with E-state index in [-0.39, 0.29) is 48.2 Å². The summed E-state index contributed by atoms with van der Waals surface area (Å²) in [5, 5.41) is 11.0. The van der Waals surface area contributed by atoms with Crippen molar-refractivity contribution in [3.8, 4) is 39.7 Å². The van der Waals surface area contributed by atoms with E-state index in [9.17, 15) is 9.65 Å². The number of aromatic nitrogens is 2. The second-order valence-corrected chi connectivity index (χ2v) is 12.1. The molecule has 0 spiro atoms. The van der Waals surface area contributed by atoms with Crippen LogP contribution in [0, 0.1) is 43.0 Å². The summed E-state index contributed by atoms with van der Waals surface area (Å²) in [6, 6.07) is 32.7. The molecule has 0 saturated carbocycles. The smallest absolute Gasteiger partial charge is 0.125 e. The molecule has 0 aliphatic carbocycles. The Morgan fingerprint density at radius 3 is 2.24 bits per heavy atom. The summed E-state index contributed by atoms with van der Waals surface area (Å²) in [5.41, 5.74) is 8.29. The van der Waals surface area contributed by atoms with Crippen molar-refractivity contribution >= 4 is 21.9 Å². The van der Waals surface area contributed by atoms with Crippen LogP contribution < -0.4 is 0 Å². The van der Waals surface area contributed by atoms with Gasteiger partial charge in [-0.25, -0.2) is 0 Å². The summed E-state index contributed by atoms with van der Waals surface area (Å²) in [6.07, 6.45) is 3.10. The number of nitriles is 1. The van der Waals surface area contributed by atoms with Gasteiger partial charge in [-0.05, 0) is 76.9 Å². The minimum atomic E-state index is -2.49. The zero-order valence-electron chi connectivity index (χ0n) is 33.4. The molecule has 7 rings (SSSR count). The van der Waals surface area contributed by atoms with Crippen molar-refractivity contribution in [3.63, 3.8) is 0 Å². The molecule has 7 aromatic rings. The number of aryl methyl sites for hydroxylation is 2. The van der Waals surface area contributed by atoms with Crippen LogP contribution in [0.3, 0.4) is 0 Å². The molecule has 0 fully saturated rings. The van der Waals surface area contributed by atoms with Gasteiger partial charge in [0.25, 0.3) is 0 Å². The SMILES string of the molecule is [2H]C([2H])([2H])c1c(C#N)ccc2c1oc1c(-c3cc(-c4c(C(C)C)cccc4C(C)C)ccn3)[c-]ccc12.[2H]C([2H])([2H])c1ccc(-c2[c-]cc(F)cc2)nc1.[Ir]. The van der Waals surface area contributed by atoms with Crippen LogP contribution in [0.4, 0.5) is 4.39 Å². The molecule has 0 aliphatic heterocycles. The predicted octanol–water partition coefficient (Wildman–Crippen LogP) is 11.5. The third-order valence-corrected chi connectivity index (χ3v) is 8.21. The molecule has 0 aliphatic rings. The van der Waals surface area contributed by atoms with E-state index in [4.69, 9.17) is 12.6 Å². The molecular formula is C43H36FIrN3O-2. The van der Waals surface area contributed by atoms with Gasteiger partial charge < -0.3 is 14.4 Å². The maximum atomic E-state index is 12.7. The van der Waals surface area contributed by atoms with Gasteiger partial charge in [-0.1, -0.05) is 81.1 Å². The second kappa shape index (κ2) is 15.1. The summed E-state index contributed by atoms with van der Waals surface area (Å²) >= 11 is 0. The number of pyridine rings is 2. The summed E-state index contributed by atoms with van der Waals surface area (Å²) in [6.45, 7) is 4.15.